The Labute approximate surface area is 118 Å². The van der Waals surface area contributed by atoms with Gasteiger partial charge in [-0.1, -0.05) is 18.2 Å². The van der Waals surface area contributed by atoms with Gasteiger partial charge in [-0.05, 0) is 19.1 Å². The Hall–Kier alpha value is -2.14. The van der Waals surface area contributed by atoms with Crippen molar-refractivity contribution in [3.63, 3.8) is 0 Å². The lowest BCUT2D eigenvalue weighted by molar-refractivity contribution is -0.138. The zero-order valence-corrected chi connectivity index (χ0v) is 11.8. The first kappa shape index (κ1) is 14.3. The van der Waals surface area contributed by atoms with Crippen LogP contribution in [0.2, 0.25) is 0 Å². The molecule has 1 atom stereocenters. The molecule has 0 aliphatic carbocycles. The molecule has 5 nitrogen and oxygen atoms in total. The Morgan fingerprint density at radius 2 is 2.25 bits per heavy atom. The number of rotatable bonds is 6. The molecule has 106 valence electrons. The van der Waals surface area contributed by atoms with Gasteiger partial charge in [-0.3, -0.25) is 9.69 Å². The third-order valence-electron chi connectivity index (χ3n) is 3.45. The second kappa shape index (κ2) is 5.88. The number of hydrogen-bond acceptors (Lipinski definition) is 3. The van der Waals surface area contributed by atoms with Gasteiger partial charge in [0.25, 0.3) is 0 Å². The van der Waals surface area contributed by atoms with E-state index in [2.05, 4.69) is 11.6 Å². The number of nitrogens with zero attached hydrogens (tertiary/aromatic N) is 3. The predicted molar refractivity (Wildman–Crippen MR) is 78.5 cm³/mol. The number of hydrogen-bond donors (Lipinski definition) is 1. The van der Waals surface area contributed by atoms with Gasteiger partial charge in [-0.15, -0.1) is 6.58 Å². The average Bonchev–Trinajstić information content (AvgIpc) is 2.75. The molecule has 0 amide bonds. The molecule has 20 heavy (non-hydrogen) atoms. The number of carbonyl (C=O) groups is 1. The quantitative estimate of drug-likeness (QED) is 0.820. The van der Waals surface area contributed by atoms with Crippen LogP contribution in [0.15, 0.2) is 36.9 Å². The third-order valence-corrected chi connectivity index (χ3v) is 3.45. The molecule has 0 aliphatic rings. The first-order chi connectivity index (χ1) is 9.54. The van der Waals surface area contributed by atoms with E-state index in [1.165, 1.54) is 0 Å². The van der Waals surface area contributed by atoms with Gasteiger partial charge in [-0.25, -0.2) is 4.98 Å². The minimum absolute atomic E-state index is 0.0314. The molecule has 0 spiro atoms. The molecule has 1 heterocycles. The van der Waals surface area contributed by atoms with Crippen LogP contribution in [0.25, 0.3) is 11.0 Å². The molecule has 0 saturated carbocycles. The van der Waals surface area contributed by atoms with Crippen LogP contribution < -0.4 is 0 Å². The molecule has 1 aromatic carbocycles. The van der Waals surface area contributed by atoms with Crippen LogP contribution in [0.5, 0.6) is 0 Å². The normalized spacial score (nSPS) is 12.8. The van der Waals surface area contributed by atoms with Crippen molar-refractivity contribution < 1.29 is 9.90 Å². The summed E-state index contributed by atoms with van der Waals surface area (Å²) in [6, 6.07) is 7.79. The minimum atomic E-state index is -0.850. The predicted octanol–water partition coefficient (Wildman–Crippen LogP) is 2.21. The number of aryl methyl sites for hydroxylation is 1. The van der Waals surface area contributed by atoms with Gasteiger partial charge >= 0.3 is 5.97 Å². The maximum absolute atomic E-state index is 11.0. The molecule has 5 heteroatoms. The van der Waals surface area contributed by atoms with E-state index in [0.29, 0.717) is 6.54 Å². The van der Waals surface area contributed by atoms with E-state index in [1.54, 1.807) is 6.08 Å². The summed E-state index contributed by atoms with van der Waals surface area (Å²) in [5.74, 6) is 0.00626. The third kappa shape index (κ3) is 2.72. The van der Waals surface area contributed by atoms with E-state index >= 15 is 0 Å². The molecule has 0 saturated heterocycles. The van der Waals surface area contributed by atoms with Gasteiger partial charge in [0, 0.05) is 13.6 Å². The molecule has 1 unspecified atom stereocenters. The molecule has 0 fully saturated rings. The Bertz CT molecular complexity index is 633. The standard InChI is InChI=1S/C15H19N3O2/c1-4-9-18(10-14(19)20)11(2)15-16-12-7-5-6-8-13(12)17(15)3/h4-8,11H,1,9-10H2,2-3H3,(H,19,20). The zero-order valence-electron chi connectivity index (χ0n) is 11.8. The maximum Gasteiger partial charge on any atom is 0.317 e. The molecular formula is C15H19N3O2. The zero-order chi connectivity index (χ0) is 14.7. The highest BCUT2D eigenvalue weighted by Gasteiger charge is 2.22. The number of para-hydroxylation sites is 2. The van der Waals surface area contributed by atoms with Crippen molar-refractivity contribution in [3.8, 4) is 0 Å². The van der Waals surface area contributed by atoms with Crippen LogP contribution in [-0.4, -0.2) is 38.6 Å². The smallest absolute Gasteiger partial charge is 0.317 e. The lowest BCUT2D eigenvalue weighted by Gasteiger charge is -2.25. The van der Waals surface area contributed by atoms with Crippen molar-refractivity contribution in [3.05, 3.63) is 42.7 Å². The fourth-order valence-corrected chi connectivity index (χ4v) is 2.40. The number of fused-ring (bicyclic) bond motifs is 1. The van der Waals surface area contributed by atoms with Gasteiger partial charge in [0.15, 0.2) is 0 Å². The largest absolute Gasteiger partial charge is 0.480 e. The molecular weight excluding hydrogens is 254 g/mol. The van der Waals surface area contributed by atoms with E-state index in [0.717, 1.165) is 16.9 Å². The second-order valence-corrected chi connectivity index (χ2v) is 4.81. The first-order valence-electron chi connectivity index (χ1n) is 6.52. The summed E-state index contributed by atoms with van der Waals surface area (Å²) in [7, 11) is 1.95. The number of carboxylic acid groups (broad SMARTS) is 1. The van der Waals surface area contributed by atoms with Crippen molar-refractivity contribution in [1.82, 2.24) is 14.5 Å². The molecule has 2 rings (SSSR count). The SMILES string of the molecule is C=CCN(CC(=O)O)C(C)c1nc2ccccc2n1C. The van der Waals surface area contributed by atoms with Gasteiger partial charge in [0.1, 0.15) is 5.82 Å². The summed E-state index contributed by atoms with van der Waals surface area (Å²) in [5.41, 5.74) is 1.97. The van der Waals surface area contributed by atoms with Crippen LogP contribution in [0, 0.1) is 0 Å². The summed E-state index contributed by atoms with van der Waals surface area (Å²) >= 11 is 0. The topological polar surface area (TPSA) is 58.4 Å². The molecule has 2 aromatic rings. The lowest BCUT2D eigenvalue weighted by Crippen LogP contribution is -2.33. The number of imidazole rings is 1. The highest BCUT2D eigenvalue weighted by Crippen LogP contribution is 2.23. The van der Waals surface area contributed by atoms with Crippen LogP contribution in [0.3, 0.4) is 0 Å². The number of benzene rings is 1. The summed E-state index contributed by atoms with van der Waals surface area (Å²) in [6.45, 7) is 6.13. The van der Waals surface area contributed by atoms with Crippen LogP contribution in [0.1, 0.15) is 18.8 Å². The van der Waals surface area contributed by atoms with Crippen LogP contribution >= 0.6 is 0 Å². The fraction of sp³-hybridized carbons (Fsp3) is 0.333. The number of aromatic nitrogens is 2. The van der Waals surface area contributed by atoms with Crippen molar-refractivity contribution >= 4 is 17.0 Å². The van der Waals surface area contributed by atoms with E-state index in [-0.39, 0.29) is 12.6 Å². The Kier molecular flexibility index (Phi) is 4.20. The lowest BCUT2D eigenvalue weighted by atomic mass is 10.2. The van der Waals surface area contributed by atoms with E-state index in [9.17, 15) is 4.79 Å². The van der Waals surface area contributed by atoms with Gasteiger partial charge in [0.2, 0.25) is 0 Å². The number of carboxylic acids is 1. The van der Waals surface area contributed by atoms with Crippen LogP contribution in [0.4, 0.5) is 0 Å². The van der Waals surface area contributed by atoms with E-state index in [4.69, 9.17) is 5.11 Å². The van der Waals surface area contributed by atoms with Gasteiger partial charge in [0.05, 0.1) is 23.6 Å². The average molecular weight is 273 g/mol. The maximum atomic E-state index is 11.0. The summed E-state index contributed by atoms with van der Waals surface area (Å²) in [5, 5.41) is 9.01. The summed E-state index contributed by atoms with van der Waals surface area (Å²) in [4.78, 5) is 17.4. The molecule has 0 bridgehead atoms. The van der Waals surface area contributed by atoms with Crippen molar-refractivity contribution in [2.24, 2.45) is 7.05 Å². The van der Waals surface area contributed by atoms with Gasteiger partial charge in [-0.2, -0.15) is 0 Å². The summed E-state index contributed by atoms with van der Waals surface area (Å²) < 4.78 is 2.01. The van der Waals surface area contributed by atoms with Crippen molar-refractivity contribution in [1.29, 1.82) is 0 Å². The van der Waals surface area contributed by atoms with E-state index in [1.807, 2.05) is 47.7 Å². The van der Waals surface area contributed by atoms with Crippen LogP contribution in [-0.2, 0) is 11.8 Å². The minimum Gasteiger partial charge on any atom is -0.480 e. The Morgan fingerprint density at radius 1 is 1.55 bits per heavy atom. The summed E-state index contributed by atoms with van der Waals surface area (Å²) in [6.07, 6.45) is 1.71. The Balaban J connectivity index is 2.37. The van der Waals surface area contributed by atoms with E-state index < -0.39 is 5.97 Å². The second-order valence-electron chi connectivity index (χ2n) is 4.81. The molecule has 1 aromatic heterocycles. The Morgan fingerprint density at radius 3 is 2.85 bits per heavy atom. The van der Waals surface area contributed by atoms with Crippen molar-refractivity contribution in [2.45, 2.75) is 13.0 Å². The number of aliphatic carboxylic acids is 1. The van der Waals surface area contributed by atoms with Crippen molar-refractivity contribution in [2.75, 3.05) is 13.1 Å². The fourth-order valence-electron chi connectivity index (χ4n) is 2.40. The molecule has 1 N–H and O–H groups in total. The highest BCUT2D eigenvalue weighted by atomic mass is 16.4. The van der Waals surface area contributed by atoms with Gasteiger partial charge < -0.3 is 9.67 Å². The monoisotopic (exact) mass is 273 g/mol. The molecule has 0 aliphatic heterocycles. The molecule has 0 radical (unpaired) electrons. The first-order valence-corrected chi connectivity index (χ1v) is 6.52. The highest BCUT2D eigenvalue weighted by molar-refractivity contribution is 5.76.